The van der Waals surface area contributed by atoms with E-state index >= 15 is 0 Å². The number of para-hydroxylation sites is 1. The molecule has 1 fully saturated rings. The molecule has 0 radical (unpaired) electrons. The molecule has 8 heteroatoms. The summed E-state index contributed by atoms with van der Waals surface area (Å²) in [5, 5.41) is 19.2. The Bertz CT molecular complexity index is 1350. The fourth-order valence-electron chi connectivity index (χ4n) is 4.79. The summed E-state index contributed by atoms with van der Waals surface area (Å²) in [5.74, 6) is 0.437. The number of fused-ring (bicyclic) bond motifs is 1. The lowest BCUT2D eigenvalue weighted by molar-refractivity contribution is -0.142. The second-order valence-corrected chi connectivity index (χ2v) is 8.70. The van der Waals surface area contributed by atoms with Gasteiger partial charge in [-0.05, 0) is 48.2 Å². The topological polar surface area (TPSA) is 101 Å². The Kier molecular flexibility index (Phi) is 6.48. The number of nitrogens with one attached hydrogen (secondary N) is 1. The lowest BCUT2D eigenvalue weighted by Crippen LogP contribution is -2.40. The highest BCUT2D eigenvalue weighted by Gasteiger charge is 2.33. The first-order valence-corrected chi connectivity index (χ1v) is 11.7. The lowest BCUT2D eigenvalue weighted by atomic mass is 9.99. The average molecular weight is 473 g/mol. The summed E-state index contributed by atoms with van der Waals surface area (Å²) in [6, 6.07) is 17.1. The van der Waals surface area contributed by atoms with Crippen LogP contribution in [0.3, 0.4) is 0 Å². The molecule has 180 valence electrons. The fourth-order valence-corrected chi connectivity index (χ4v) is 4.79. The number of aliphatic hydroxyl groups is 1. The largest absolute Gasteiger partial charge is 0.496 e. The van der Waals surface area contributed by atoms with Gasteiger partial charge in [-0.25, -0.2) is 4.98 Å². The highest BCUT2D eigenvalue weighted by atomic mass is 16.5. The van der Waals surface area contributed by atoms with Crippen LogP contribution in [0.5, 0.6) is 5.75 Å². The Morgan fingerprint density at radius 3 is 2.86 bits per heavy atom. The van der Waals surface area contributed by atoms with Crippen molar-refractivity contribution in [3.8, 4) is 28.1 Å². The zero-order valence-electron chi connectivity index (χ0n) is 19.8. The molecule has 2 unspecified atom stereocenters. The summed E-state index contributed by atoms with van der Waals surface area (Å²) in [6.45, 7) is 1.11. The number of rotatable bonds is 7. The third-order valence-corrected chi connectivity index (χ3v) is 6.57. The summed E-state index contributed by atoms with van der Waals surface area (Å²) >= 11 is 0. The van der Waals surface area contributed by atoms with Crippen LogP contribution in [0.1, 0.15) is 24.5 Å². The number of carbonyl (C=O) groups is 1. The molecule has 2 N–H and O–H groups in total. The second-order valence-electron chi connectivity index (χ2n) is 8.70. The Balaban J connectivity index is 1.47. The van der Waals surface area contributed by atoms with Crippen molar-refractivity contribution in [2.75, 3.05) is 27.4 Å². The van der Waals surface area contributed by atoms with Gasteiger partial charge in [0.25, 0.3) is 5.91 Å². The predicted molar refractivity (Wildman–Crippen MR) is 133 cm³/mol. The Morgan fingerprint density at radius 2 is 2.03 bits per heavy atom. The summed E-state index contributed by atoms with van der Waals surface area (Å²) in [6.07, 6.45) is 2.33. The van der Waals surface area contributed by atoms with Gasteiger partial charge in [0.05, 0.1) is 19.8 Å². The zero-order chi connectivity index (χ0) is 24.4. The Morgan fingerprint density at radius 1 is 1.17 bits per heavy atom. The third-order valence-electron chi connectivity index (χ3n) is 6.57. The van der Waals surface area contributed by atoms with Crippen LogP contribution < -0.4 is 4.74 Å². The molecule has 3 heterocycles. The van der Waals surface area contributed by atoms with Crippen LogP contribution in [-0.4, -0.2) is 64.5 Å². The number of pyridine rings is 1. The van der Waals surface area contributed by atoms with Crippen molar-refractivity contribution in [2.24, 2.45) is 0 Å². The van der Waals surface area contributed by atoms with E-state index in [1.54, 1.807) is 31.4 Å². The average Bonchev–Trinajstić information content (AvgIpc) is 3.54. The SMILES string of the molecule is COCC1CCCN1C(=O)C(O)c1cccc(-c2cnc3[nH]nc(-c4ccccc4OC)c3c2)c1. The summed E-state index contributed by atoms with van der Waals surface area (Å²) < 4.78 is 10.8. The van der Waals surface area contributed by atoms with Crippen molar-refractivity contribution in [3.63, 3.8) is 0 Å². The van der Waals surface area contributed by atoms with Crippen molar-refractivity contribution in [1.82, 2.24) is 20.1 Å². The maximum Gasteiger partial charge on any atom is 0.256 e. The highest BCUT2D eigenvalue weighted by Crippen LogP contribution is 2.35. The molecule has 0 bridgehead atoms. The third kappa shape index (κ3) is 4.38. The van der Waals surface area contributed by atoms with E-state index in [0.29, 0.717) is 24.4 Å². The minimum atomic E-state index is -1.23. The fraction of sp³-hybridized carbons (Fsp3) is 0.296. The monoisotopic (exact) mass is 472 g/mol. The molecule has 0 saturated carbocycles. The Labute approximate surface area is 203 Å². The highest BCUT2D eigenvalue weighted by molar-refractivity contribution is 5.94. The van der Waals surface area contributed by atoms with Crippen LogP contribution in [-0.2, 0) is 9.53 Å². The van der Waals surface area contributed by atoms with E-state index in [1.807, 2.05) is 48.5 Å². The van der Waals surface area contributed by atoms with Crippen LogP contribution in [0.2, 0.25) is 0 Å². The van der Waals surface area contributed by atoms with E-state index in [4.69, 9.17) is 9.47 Å². The summed E-state index contributed by atoms with van der Waals surface area (Å²) in [5.41, 5.74) is 4.54. The van der Waals surface area contributed by atoms with Crippen LogP contribution in [0.15, 0.2) is 60.8 Å². The number of ether oxygens (including phenoxy) is 2. The number of aromatic nitrogens is 3. The molecule has 1 aliphatic rings. The van der Waals surface area contributed by atoms with Crippen molar-refractivity contribution in [2.45, 2.75) is 25.0 Å². The second kappa shape index (κ2) is 9.85. The molecule has 4 aromatic rings. The molecule has 1 amide bonds. The van der Waals surface area contributed by atoms with Crippen molar-refractivity contribution in [1.29, 1.82) is 0 Å². The van der Waals surface area contributed by atoms with Gasteiger partial charge in [-0.3, -0.25) is 9.89 Å². The van der Waals surface area contributed by atoms with E-state index in [9.17, 15) is 9.90 Å². The molecular weight excluding hydrogens is 444 g/mol. The van der Waals surface area contributed by atoms with Gasteiger partial charge in [-0.1, -0.05) is 30.3 Å². The first-order chi connectivity index (χ1) is 17.1. The van der Waals surface area contributed by atoms with Gasteiger partial charge in [0.2, 0.25) is 0 Å². The van der Waals surface area contributed by atoms with Gasteiger partial charge in [-0.15, -0.1) is 0 Å². The minimum absolute atomic E-state index is 0.00595. The predicted octanol–water partition coefficient (Wildman–Crippen LogP) is 3.97. The standard InChI is InChI=1S/C27H28N4O4/c1-34-16-20-9-6-12-31(20)27(33)25(32)18-8-5-7-17(13-18)19-14-22-24(29-30-26(22)28-15-19)21-10-3-4-11-23(21)35-2/h3-5,7-8,10-11,13-15,20,25,32H,6,9,12,16H2,1-2H3,(H,28,29,30). The smallest absolute Gasteiger partial charge is 0.256 e. The van der Waals surface area contributed by atoms with Gasteiger partial charge in [-0.2, -0.15) is 5.10 Å². The van der Waals surface area contributed by atoms with Gasteiger partial charge < -0.3 is 19.5 Å². The van der Waals surface area contributed by atoms with Crippen LogP contribution in [0.25, 0.3) is 33.4 Å². The van der Waals surface area contributed by atoms with Crippen LogP contribution in [0, 0.1) is 0 Å². The number of methoxy groups -OCH3 is 2. The van der Waals surface area contributed by atoms with Crippen LogP contribution in [0.4, 0.5) is 0 Å². The lowest BCUT2D eigenvalue weighted by Gasteiger charge is -2.26. The van der Waals surface area contributed by atoms with E-state index < -0.39 is 6.10 Å². The molecule has 8 nitrogen and oxygen atoms in total. The minimum Gasteiger partial charge on any atom is -0.496 e. The number of likely N-dealkylation sites (tertiary alicyclic amines) is 1. The molecule has 2 aromatic carbocycles. The van der Waals surface area contributed by atoms with E-state index in [1.165, 1.54) is 0 Å². The van der Waals surface area contributed by atoms with Gasteiger partial charge >= 0.3 is 0 Å². The molecule has 2 aromatic heterocycles. The summed E-state index contributed by atoms with van der Waals surface area (Å²) in [4.78, 5) is 19.4. The maximum absolute atomic E-state index is 13.1. The first-order valence-electron chi connectivity index (χ1n) is 11.7. The quantitative estimate of drug-likeness (QED) is 0.422. The molecule has 0 aliphatic carbocycles. The van der Waals surface area contributed by atoms with E-state index in [-0.39, 0.29) is 11.9 Å². The van der Waals surface area contributed by atoms with Crippen molar-refractivity contribution < 1.29 is 19.4 Å². The number of hydrogen-bond donors (Lipinski definition) is 2. The van der Waals surface area contributed by atoms with Crippen LogP contribution >= 0.6 is 0 Å². The molecule has 2 atom stereocenters. The number of aliphatic hydroxyl groups excluding tert-OH is 1. The summed E-state index contributed by atoms with van der Waals surface area (Å²) in [7, 11) is 3.26. The van der Waals surface area contributed by atoms with Crippen molar-refractivity contribution >= 4 is 16.9 Å². The van der Waals surface area contributed by atoms with Crippen molar-refractivity contribution in [3.05, 3.63) is 66.4 Å². The number of aromatic amines is 1. The molecule has 5 rings (SSSR count). The maximum atomic E-state index is 13.1. The number of nitrogens with zero attached hydrogens (tertiary/aromatic N) is 3. The molecule has 0 spiro atoms. The van der Waals surface area contributed by atoms with Gasteiger partial charge in [0.15, 0.2) is 11.8 Å². The number of carbonyl (C=O) groups excluding carboxylic acids is 1. The molecule has 1 saturated heterocycles. The molecular formula is C27H28N4O4. The van der Waals surface area contributed by atoms with E-state index in [0.717, 1.165) is 46.4 Å². The molecule has 35 heavy (non-hydrogen) atoms. The number of hydrogen-bond acceptors (Lipinski definition) is 6. The number of amides is 1. The zero-order valence-corrected chi connectivity index (χ0v) is 19.8. The Hall–Kier alpha value is -3.75. The molecule has 1 aliphatic heterocycles. The van der Waals surface area contributed by atoms with Gasteiger partial charge in [0.1, 0.15) is 11.4 Å². The number of benzene rings is 2. The number of H-pyrrole nitrogens is 1. The van der Waals surface area contributed by atoms with E-state index in [2.05, 4.69) is 15.2 Å². The normalized spacial score (nSPS) is 16.5. The van der Waals surface area contributed by atoms with Gasteiger partial charge in [0, 0.05) is 36.4 Å². The first kappa shape index (κ1) is 23.0.